The average molecular weight is 420 g/mol. The molecule has 1 saturated heterocycles. The Morgan fingerprint density at radius 2 is 1.71 bits per heavy atom. The number of nitrogens with zero attached hydrogens (tertiary/aromatic N) is 3. The molecule has 2 aliphatic rings. The molecule has 2 aliphatic heterocycles. The Morgan fingerprint density at radius 3 is 2.29 bits per heavy atom. The molecule has 31 heavy (non-hydrogen) atoms. The number of hydrogen-bond acceptors (Lipinski definition) is 5. The van der Waals surface area contributed by atoms with E-state index >= 15 is 0 Å². The minimum absolute atomic E-state index is 0.161. The first-order valence-corrected chi connectivity index (χ1v) is 10.4. The highest BCUT2D eigenvalue weighted by molar-refractivity contribution is 6.22. The molecule has 1 aromatic heterocycles. The molecular weight excluding hydrogens is 396 g/mol. The van der Waals surface area contributed by atoms with Gasteiger partial charge in [-0.1, -0.05) is 12.1 Å². The van der Waals surface area contributed by atoms with Gasteiger partial charge in [0, 0.05) is 32.0 Å². The Hall–Kier alpha value is -3.55. The van der Waals surface area contributed by atoms with Crippen LogP contribution in [0.15, 0.2) is 48.8 Å². The average Bonchev–Trinajstić information content (AvgIpc) is 3.07. The Bertz CT molecular complexity index is 980. The minimum atomic E-state index is -0.853. The number of piperidine rings is 1. The maximum absolute atomic E-state index is 13.0. The van der Waals surface area contributed by atoms with Crippen LogP contribution in [-0.4, -0.2) is 64.1 Å². The predicted molar refractivity (Wildman–Crippen MR) is 112 cm³/mol. The van der Waals surface area contributed by atoms with E-state index in [-0.39, 0.29) is 17.7 Å². The van der Waals surface area contributed by atoms with Gasteiger partial charge in [-0.2, -0.15) is 0 Å². The van der Waals surface area contributed by atoms with Crippen LogP contribution in [0.5, 0.6) is 0 Å². The number of likely N-dealkylation sites (tertiary alicyclic amines) is 1. The standard InChI is InChI=1S/C23H24N4O4/c1-15(27-22(30)18-6-2-3-7-19(18)23(27)31)21(29)26-11-8-16(9-12-26)13-25-20(28)17-5-4-10-24-14-17/h2-7,10,14-16H,8-9,11-13H2,1H3,(H,25,28). The Morgan fingerprint density at radius 1 is 1.06 bits per heavy atom. The molecule has 1 fully saturated rings. The van der Waals surface area contributed by atoms with E-state index in [4.69, 9.17) is 0 Å². The zero-order valence-corrected chi connectivity index (χ0v) is 17.3. The maximum atomic E-state index is 13.0. The molecule has 160 valence electrons. The second kappa shape index (κ2) is 8.67. The molecule has 0 saturated carbocycles. The van der Waals surface area contributed by atoms with E-state index < -0.39 is 17.9 Å². The van der Waals surface area contributed by atoms with E-state index in [2.05, 4.69) is 10.3 Å². The molecule has 0 bridgehead atoms. The first-order valence-electron chi connectivity index (χ1n) is 10.4. The van der Waals surface area contributed by atoms with Gasteiger partial charge in [0.05, 0.1) is 16.7 Å². The summed E-state index contributed by atoms with van der Waals surface area (Å²) in [6, 6.07) is 9.21. The van der Waals surface area contributed by atoms with Crippen molar-refractivity contribution in [2.45, 2.75) is 25.8 Å². The molecular formula is C23H24N4O4. The zero-order chi connectivity index (χ0) is 22.0. The summed E-state index contributed by atoms with van der Waals surface area (Å²) >= 11 is 0. The van der Waals surface area contributed by atoms with Gasteiger partial charge in [0.15, 0.2) is 0 Å². The van der Waals surface area contributed by atoms with Gasteiger partial charge >= 0.3 is 0 Å². The fourth-order valence-corrected chi connectivity index (χ4v) is 4.13. The SMILES string of the molecule is CC(C(=O)N1CCC(CNC(=O)c2cccnc2)CC1)N1C(=O)c2ccccc2C1=O. The van der Waals surface area contributed by atoms with Crippen molar-refractivity contribution in [2.24, 2.45) is 5.92 Å². The summed E-state index contributed by atoms with van der Waals surface area (Å²) < 4.78 is 0. The van der Waals surface area contributed by atoms with Gasteiger partial charge in [-0.05, 0) is 49.9 Å². The zero-order valence-electron chi connectivity index (χ0n) is 17.3. The van der Waals surface area contributed by atoms with Crippen LogP contribution in [-0.2, 0) is 4.79 Å². The normalized spacial score (nSPS) is 17.5. The number of nitrogens with one attached hydrogen (secondary N) is 1. The number of carbonyl (C=O) groups excluding carboxylic acids is 4. The van der Waals surface area contributed by atoms with Gasteiger partial charge in [0.25, 0.3) is 17.7 Å². The van der Waals surface area contributed by atoms with Crippen LogP contribution in [0.1, 0.15) is 50.8 Å². The van der Waals surface area contributed by atoms with Crippen molar-refractivity contribution in [2.75, 3.05) is 19.6 Å². The van der Waals surface area contributed by atoms with Crippen LogP contribution < -0.4 is 5.32 Å². The molecule has 0 aliphatic carbocycles. The molecule has 1 unspecified atom stereocenters. The van der Waals surface area contributed by atoms with E-state index in [1.807, 2.05) is 0 Å². The number of aromatic nitrogens is 1. The van der Waals surface area contributed by atoms with Gasteiger partial charge in [-0.25, -0.2) is 0 Å². The number of imide groups is 1. The van der Waals surface area contributed by atoms with Crippen molar-refractivity contribution in [3.8, 4) is 0 Å². The highest BCUT2D eigenvalue weighted by Crippen LogP contribution is 2.26. The van der Waals surface area contributed by atoms with Crippen molar-refractivity contribution in [3.05, 3.63) is 65.5 Å². The third-order valence-corrected chi connectivity index (χ3v) is 5.97. The van der Waals surface area contributed by atoms with Crippen molar-refractivity contribution in [1.82, 2.24) is 20.1 Å². The van der Waals surface area contributed by atoms with E-state index in [0.717, 1.165) is 17.7 Å². The lowest BCUT2D eigenvalue weighted by Gasteiger charge is -2.35. The third kappa shape index (κ3) is 4.05. The highest BCUT2D eigenvalue weighted by Gasteiger charge is 2.42. The molecule has 3 heterocycles. The quantitative estimate of drug-likeness (QED) is 0.743. The number of carbonyl (C=O) groups is 4. The first kappa shape index (κ1) is 20.7. The number of hydrogen-bond donors (Lipinski definition) is 1. The summed E-state index contributed by atoms with van der Waals surface area (Å²) in [5.41, 5.74) is 1.20. The predicted octanol–water partition coefficient (Wildman–Crippen LogP) is 1.73. The van der Waals surface area contributed by atoms with Gasteiger partial charge in [-0.15, -0.1) is 0 Å². The monoisotopic (exact) mass is 420 g/mol. The van der Waals surface area contributed by atoms with Crippen molar-refractivity contribution in [3.63, 3.8) is 0 Å². The summed E-state index contributed by atoms with van der Waals surface area (Å²) in [5, 5.41) is 2.92. The van der Waals surface area contributed by atoms with Crippen LogP contribution in [0.2, 0.25) is 0 Å². The fourth-order valence-electron chi connectivity index (χ4n) is 4.13. The number of benzene rings is 1. The van der Waals surface area contributed by atoms with E-state index in [1.54, 1.807) is 54.4 Å². The molecule has 1 aromatic carbocycles. The highest BCUT2D eigenvalue weighted by atomic mass is 16.2. The number of pyridine rings is 1. The molecule has 8 nitrogen and oxygen atoms in total. The summed E-state index contributed by atoms with van der Waals surface area (Å²) in [6.45, 7) is 3.19. The lowest BCUT2D eigenvalue weighted by atomic mass is 9.96. The van der Waals surface area contributed by atoms with Crippen molar-refractivity contribution in [1.29, 1.82) is 0 Å². The van der Waals surface area contributed by atoms with Crippen molar-refractivity contribution < 1.29 is 19.2 Å². The first-order chi connectivity index (χ1) is 15.0. The van der Waals surface area contributed by atoms with Crippen LogP contribution in [0.25, 0.3) is 0 Å². The lowest BCUT2D eigenvalue weighted by molar-refractivity contribution is -0.136. The molecule has 2 aromatic rings. The van der Waals surface area contributed by atoms with E-state index in [1.165, 1.54) is 6.20 Å². The minimum Gasteiger partial charge on any atom is -0.352 e. The molecule has 1 atom stereocenters. The Kier molecular flexibility index (Phi) is 5.79. The Balaban J connectivity index is 1.30. The summed E-state index contributed by atoms with van der Waals surface area (Å²) in [7, 11) is 0. The third-order valence-electron chi connectivity index (χ3n) is 5.97. The molecule has 8 heteroatoms. The summed E-state index contributed by atoms with van der Waals surface area (Å²) in [6.07, 6.45) is 4.63. The molecule has 4 amide bonds. The second-order valence-electron chi connectivity index (χ2n) is 7.92. The van der Waals surface area contributed by atoms with Gasteiger partial charge in [0.1, 0.15) is 6.04 Å². The number of fused-ring (bicyclic) bond motifs is 1. The fraction of sp³-hybridized carbons (Fsp3) is 0.348. The maximum Gasteiger partial charge on any atom is 0.262 e. The number of amides is 4. The summed E-state index contributed by atoms with van der Waals surface area (Å²) in [5.74, 6) is -0.971. The molecule has 4 rings (SSSR count). The van der Waals surface area contributed by atoms with Crippen LogP contribution in [0.4, 0.5) is 0 Å². The van der Waals surface area contributed by atoms with Gasteiger partial charge in [0.2, 0.25) is 5.91 Å². The number of rotatable bonds is 5. The molecule has 0 spiro atoms. The Labute approximate surface area is 180 Å². The van der Waals surface area contributed by atoms with Gasteiger partial charge < -0.3 is 10.2 Å². The smallest absolute Gasteiger partial charge is 0.262 e. The van der Waals surface area contributed by atoms with Crippen molar-refractivity contribution >= 4 is 23.6 Å². The topological polar surface area (TPSA) is 99.7 Å². The second-order valence-corrected chi connectivity index (χ2v) is 7.92. The van der Waals surface area contributed by atoms with Crippen LogP contribution in [0, 0.1) is 5.92 Å². The van der Waals surface area contributed by atoms with Crippen LogP contribution >= 0.6 is 0 Å². The summed E-state index contributed by atoms with van der Waals surface area (Å²) in [4.78, 5) is 57.2. The molecule has 0 radical (unpaired) electrons. The largest absolute Gasteiger partial charge is 0.352 e. The van der Waals surface area contributed by atoms with Crippen LogP contribution in [0.3, 0.4) is 0 Å². The van der Waals surface area contributed by atoms with E-state index in [0.29, 0.717) is 36.3 Å². The van der Waals surface area contributed by atoms with E-state index in [9.17, 15) is 19.2 Å². The lowest BCUT2D eigenvalue weighted by Crippen LogP contribution is -2.51. The van der Waals surface area contributed by atoms with Gasteiger partial charge in [-0.3, -0.25) is 29.1 Å². The molecule has 1 N–H and O–H groups in total.